The van der Waals surface area contributed by atoms with Crippen molar-refractivity contribution in [2.24, 2.45) is 0 Å². The number of rotatable bonds is 4. The van der Waals surface area contributed by atoms with Gasteiger partial charge in [-0.1, -0.05) is 112 Å². The molecule has 46 heavy (non-hydrogen) atoms. The number of hydrogen-bond donors (Lipinski definition) is 0. The molecule has 1 aliphatic rings. The average molecular weight is 595 g/mol. The molecule has 0 radical (unpaired) electrons. The Labute approximate surface area is 270 Å². The normalized spacial score (nSPS) is 13.6. The molecule has 2 aromatic heterocycles. The molecule has 2 nitrogen and oxygen atoms in total. The van der Waals surface area contributed by atoms with E-state index in [-0.39, 0.29) is 5.41 Å². The van der Waals surface area contributed by atoms with Crippen LogP contribution in [0, 0.1) is 0 Å². The van der Waals surface area contributed by atoms with E-state index in [2.05, 4.69) is 157 Å². The van der Waals surface area contributed by atoms with Crippen molar-refractivity contribution in [3.8, 4) is 11.1 Å². The van der Waals surface area contributed by atoms with Crippen molar-refractivity contribution < 1.29 is 0 Å². The maximum Gasteiger partial charge on any atom is 0.0622 e. The van der Waals surface area contributed by atoms with Crippen molar-refractivity contribution in [1.29, 1.82) is 0 Å². The molecule has 8 aromatic rings. The van der Waals surface area contributed by atoms with Gasteiger partial charge in [-0.15, -0.1) is 0 Å². The maximum absolute atomic E-state index is 2.59. The van der Waals surface area contributed by atoms with Crippen LogP contribution in [-0.2, 0) is 18.3 Å². The van der Waals surface area contributed by atoms with Crippen LogP contribution in [0.25, 0.3) is 49.2 Å². The van der Waals surface area contributed by atoms with E-state index in [1.807, 2.05) is 0 Å². The molecule has 0 saturated heterocycles. The highest BCUT2D eigenvalue weighted by Gasteiger charge is 2.27. The van der Waals surface area contributed by atoms with E-state index in [0.29, 0.717) is 0 Å². The molecule has 2 heterocycles. The minimum absolute atomic E-state index is 0.0842. The minimum atomic E-state index is 0.0842. The molecule has 6 aromatic carbocycles. The van der Waals surface area contributed by atoms with Crippen LogP contribution in [0.15, 0.2) is 127 Å². The van der Waals surface area contributed by atoms with E-state index >= 15 is 0 Å². The van der Waals surface area contributed by atoms with Crippen LogP contribution in [0.3, 0.4) is 0 Å². The van der Waals surface area contributed by atoms with Crippen LogP contribution < -0.4 is 4.90 Å². The third-order valence-corrected chi connectivity index (χ3v) is 10.2. The molecule has 1 aliphatic carbocycles. The third kappa shape index (κ3) is 4.09. The quantitative estimate of drug-likeness (QED) is 0.197. The highest BCUT2D eigenvalue weighted by Crippen LogP contribution is 2.49. The summed E-state index contributed by atoms with van der Waals surface area (Å²) in [6, 6.07) is 47.8. The van der Waals surface area contributed by atoms with Gasteiger partial charge < -0.3 is 9.30 Å². The standard InChI is InChI=1S/C44H38N2/c1-44(2,3)31-22-24-32(25-23-31)45(42-34-16-8-7-15-30(34)21-26-35(42)29-13-5-4-6-14-29)33-27-38-36-17-9-11-19-40(36)46-41-20-12-10-18-37(41)39(28-33)43(38)46/h4-6,9-14,17-28H,7-8,15-16H2,1-3H3. The van der Waals surface area contributed by atoms with E-state index < -0.39 is 0 Å². The summed E-state index contributed by atoms with van der Waals surface area (Å²) in [5.41, 5.74) is 14.6. The van der Waals surface area contributed by atoms with Crippen LogP contribution in [0.2, 0.25) is 0 Å². The first-order valence-electron chi connectivity index (χ1n) is 16.8. The molecule has 9 rings (SSSR count). The summed E-state index contributed by atoms with van der Waals surface area (Å²) in [5.74, 6) is 0. The second-order valence-corrected chi connectivity index (χ2v) is 14.1. The first-order valence-corrected chi connectivity index (χ1v) is 16.8. The lowest BCUT2D eigenvalue weighted by atomic mass is 9.85. The molecule has 0 fully saturated rings. The molecule has 0 saturated carbocycles. The van der Waals surface area contributed by atoms with Gasteiger partial charge in [-0.05, 0) is 89.8 Å². The van der Waals surface area contributed by atoms with Gasteiger partial charge in [0.15, 0.2) is 0 Å². The molecule has 0 atom stereocenters. The Hall–Kier alpha value is -5.08. The molecule has 2 heteroatoms. The van der Waals surface area contributed by atoms with Crippen LogP contribution in [0.5, 0.6) is 0 Å². The Balaban J connectivity index is 1.41. The van der Waals surface area contributed by atoms with Crippen molar-refractivity contribution in [3.63, 3.8) is 0 Å². The number of anilines is 3. The van der Waals surface area contributed by atoms with Gasteiger partial charge in [0.05, 0.1) is 22.2 Å². The third-order valence-electron chi connectivity index (χ3n) is 10.2. The Bertz CT molecular complexity index is 2300. The molecule has 224 valence electrons. The lowest BCUT2D eigenvalue weighted by Gasteiger charge is -2.33. The number of para-hydroxylation sites is 2. The fraction of sp³-hybridized carbons (Fsp3) is 0.182. The smallest absolute Gasteiger partial charge is 0.0622 e. The molecule has 0 spiro atoms. The first kappa shape index (κ1) is 27.2. The fourth-order valence-electron chi connectivity index (χ4n) is 8.00. The maximum atomic E-state index is 2.59. The summed E-state index contributed by atoms with van der Waals surface area (Å²) in [4.78, 5) is 2.59. The van der Waals surface area contributed by atoms with E-state index in [1.165, 1.54) is 95.8 Å². The number of fused-ring (bicyclic) bond motifs is 7. The summed E-state index contributed by atoms with van der Waals surface area (Å²) < 4.78 is 2.47. The molecule has 0 N–H and O–H groups in total. The van der Waals surface area contributed by atoms with Gasteiger partial charge in [-0.25, -0.2) is 0 Å². The lowest BCUT2D eigenvalue weighted by molar-refractivity contribution is 0.590. The monoisotopic (exact) mass is 594 g/mol. The second kappa shape index (κ2) is 10.2. The average Bonchev–Trinajstić information content (AvgIpc) is 3.60. The molecular weight excluding hydrogens is 556 g/mol. The number of benzene rings is 6. The lowest BCUT2D eigenvalue weighted by Crippen LogP contribution is -2.17. The number of aromatic nitrogens is 1. The van der Waals surface area contributed by atoms with E-state index in [9.17, 15) is 0 Å². The topological polar surface area (TPSA) is 7.65 Å². The highest BCUT2D eigenvalue weighted by molar-refractivity contribution is 6.24. The summed E-state index contributed by atoms with van der Waals surface area (Å²) in [6.45, 7) is 6.89. The number of hydrogen-bond acceptors (Lipinski definition) is 1. The SMILES string of the molecule is CC(C)(C)c1ccc(N(c2cc3c4ccccc4n4c5ccccc5c(c2)c34)c2c(-c3ccccc3)ccc3c2CCCC3)cc1. The Morgan fingerprint density at radius 1 is 0.565 bits per heavy atom. The van der Waals surface area contributed by atoms with Crippen molar-refractivity contribution in [3.05, 3.63) is 144 Å². The van der Waals surface area contributed by atoms with Gasteiger partial charge in [0.2, 0.25) is 0 Å². The van der Waals surface area contributed by atoms with Gasteiger partial charge in [-0.2, -0.15) is 0 Å². The summed E-state index contributed by atoms with van der Waals surface area (Å²) in [5, 5.41) is 5.22. The van der Waals surface area contributed by atoms with Crippen molar-refractivity contribution >= 4 is 55.2 Å². The largest absolute Gasteiger partial charge is 0.310 e. The second-order valence-electron chi connectivity index (χ2n) is 14.1. The summed E-state index contributed by atoms with van der Waals surface area (Å²) in [7, 11) is 0. The zero-order chi connectivity index (χ0) is 31.0. The van der Waals surface area contributed by atoms with E-state index in [4.69, 9.17) is 0 Å². The summed E-state index contributed by atoms with van der Waals surface area (Å²) in [6.07, 6.45) is 4.71. The minimum Gasteiger partial charge on any atom is -0.310 e. The Morgan fingerprint density at radius 3 is 1.83 bits per heavy atom. The predicted octanol–water partition coefficient (Wildman–Crippen LogP) is 12.1. The molecule has 0 amide bonds. The molecule has 0 aliphatic heterocycles. The number of nitrogens with zero attached hydrogens (tertiary/aromatic N) is 2. The fourth-order valence-corrected chi connectivity index (χ4v) is 8.00. The highest BCUT2D eigenvalue weighted by atomic mass is 15.1. The summed E-state index contributed by atoms with van der Waals surface area (Å²) >= 11 is 0. The van der Waals surface area contributed by atoms with Gasteiger partial charge >= 0.3 is 0 Å². The zero-order valence-electron chi connectivity index (χ0n) is 26.8. The van der Waals surface area contributed by atoms with Crippen LogP contribution >= 0.6 is 0 Å². The van der Waals surface area contributed by atoms with Gasteiger partial charge in [0.1, 0.15) is 0 Å². The Kier molecular flexibility index (Phi) is 6.05. The number of aryl methyl sites for hydroxylation is 1. The van der Waals surface area contributed by atoms with Crippen molar-refractivity contribution in [1.82, 2.24) is 4.40 Å². The van der Waals surface area contributed by atoms with Gasteiger partial charge in [0.25, 0.3) is 0 Å². The molecular formula is C44H38N2. The van der Waals surface area contributed by atoms with E-state index in [1.54, 1.807) is 0 Å². The van der Waals surface area contributed by atoms with Gasteiger partial charge in [-0.3, -0.25) is 0 Å². The zero-order valence-corrected chi connectivity index (χ0v) is 26.8. The van der Waals surface area contributed by atoms with Crippen LogP contribution in [-0.4, -0.2) is 4.40 Å². The van der Waals surface area contributed by atoms with Crippen LogP contribution in [0.4, 0.5) is 17.1 Å². The van der Waals surface area contributed by atoms with Crippen molar-refractivity contribution in [2.45, 2.75) is 51.9 Å². The van der Waals surface area contributed by atoms with E-state index in [0.717, 1.165) is 12.8 Å². The molecule has 0 bridgehead atoms. The Morgan fingerprint density at radius 2 is 1.17 bits per heavy atom. The first-order chi connectivity index (χ1) is 22.5. The van der Waals surface area contributed by atoms with Crippen molar-refractivity contribution in [2.75, 3.05) is 4.90 Å². The molecule has 0 unspecified atom stereocenters. The van der Waals surface area contributed by atoms with Gasteiger partial charge in [0, 0.05) is 38.5 Å². The predicted molar refractivity (Wildman–Crippen MR) is 197 cm³/mol. The van der Waals surface area contributed by atoms with Crippen LogP contribution in [0.1, 0.15) is 50.3 Å².